The van der Waals surface area contributed by atoms with Crippen LogP contribution in [0.1, 0.15) is 0 Å². The van der Waals surface area contributed by atoms with Crippen LogP contribution in [0, 0.1) is 0 Å². The first-order chi connectivity index (χ1) is 10.1. The highest BCUT2D eigenvalue weighted by atomic mass is 16.4. The molecule has 1 amide bonds. The summed E-state index contributed by atoms with van der Waals surface area (Å²) in [6.07, 6.45) is -1.13. The molecule has 0 radical (unpaired) electrons. The Morgan fingerprint density at radius 3 is 2.62 bits per heavy atom. The summed E-state index contributed by atoms with van der Waals surface area (Å²) in [6.45, 7) is 0. The molecule has 104 valence electrons. The molecular weight excluding hydrogens is 270 g/mol. The lowest BCUT2D eigenvalue weighted by Crippen LogP contribution is -2.09. The van der Waals surface area contributed by atoms with Crippen molar-refractivity contribution in [3.8, 4) is 11.3 Å². The number of carbonyl (C=O) groups is 1. The first-order valence-electron chi connectivity index (χ1n) is 6.23. The number of benzene rings is 2. The molecule has 3 N–H and O–H groups in total. The lowest BCUT2D eigenvalue weighted by Gasteiger charge is -2.07. The van der Waals surface area contributed by atoms with Crippen molar-refractivity contribution in [3.63, 3.8) is 0 Å². The molecule has 21 heavy (non-hydrogen) atoms. The van der Waals surface area contributed by atoms with E-state index >= 15 is 0 Å². The third-order valence-corrected chi connectivity index (χ3v) is 3.08. The lowest BCUT2D eigenvalue weighted by atomic mass is 10.0. The number of carboxylic acid groups (broad SMARTS) is 1. The Morgan fingerprint density at radius 1 is 1.10 bits per heavy atom. The van der Waals surface area contributed by atoms with Crippen LogP contribution in [0.15, 0.2) is 53.3 Å². The summed E-state index contributed by atoms with van der Waals surface area (Å²) in [5.41, 5.74) is 1.50. The Bertz CT molecular complexity index is 886. The van der Waals surface area contributed by atoms with Crippen LogP contribution >= 0.6 is 0 Å². The second-order valence-corrected chi connectivity index (χ2v) is 4.46. The van der Waals surface area contributed by atoms with Gasteiger partial charge in [0, 0.05) is 16.6 Å². The van der Waals surface area contributed by atoms with E-state index in [4.69, 9.17) is 5.11 Å². The van der Waals surface area contributed by atoms with Gasteiger partial charge in [-0.2, -0.15) is 5.10 Å². The van der Waals surface area contributed by atoms with E-state index in [1.165, 1.54) is 0 Å². The quantitative estimate of drug-likeness (QED) is 0.673. The van der Waals surface area contributed by atoms with Gasteiger partial charge in [0.05, 0.1) is 11.1 Å². The van der Waals surface area contributed by atoms with Gasteiger partial charge in [-0.1, -0.05) is 30.3 Å². The minimum Gasteiger partial charge on any atom is -0.465 e. The highest BCUT2D eigenvalue weighted by molar-refractivity contribution is 5.94. The van der Waals surface area contributed by atoms with Crippen molar-refractivity contribution >= 4 is 22.6 Å². The number of anilines is 1. The van der Waals surface area contributed by atoms with Crippen molar-refractivity contribution in [2.75, 3.05) is 5.32 Å². The number of aromatic nitrogens is 2. The van der Waals surface area contributed by atoms with E-state index in [1.54, 1.807) is 36.4 Å². The van der Waals surface area contributed by atoms with Gasteiger partial charge in [-0.25, -0.2) is 9.89 Å². The second kappa shape index (κ2) is 5.09. The number of rotatable bonds is 2. The van der Waals surface area contributed by atoms with Crippen molar-refractivity contribution in [1.29, 1.82) is 0 Å². The highest BCUT2D eigenvalue weighted by Gasteiger charge is 2.09. The van der Waals surface area contributed by atoms with E-state index in [0.29, 0.717) is 27.7 Å². The number of aromatic amines is 1. The molecule has 6 heteroatoms. The molecular formula is C15H11N3O3. The zero-order chi connectivity index (χ0) is 14.8. The zero-order valence-electron chi connectivity index (χ0n) is 10.8. The van der Waals surface area contributed by atoms with Gasteiger partial charge in [0.15, 0.2) is 0 Å². The molecule has 0 saturated heterocycles. The highest BCUT2D eigenvalue weighted by Crippen LogP contribution is 2.26. The Morgan fingerprint density at radius 2 is 1.86 bits per heavy atom. The maximum atomic E-state index is 11.8. The predicted octanol–water partition coefficient (Wildman–Crippen LogP) is 2.68. The number of hydrogen-bond acceptors (Lipinski definition) is 3. The Labute approximate surface area is 119 Å². The third-order valence-electron chi connectivity index (χ3n) is 3.08. The number of H-pyrrole nitrogens is 1. The monoisotopic (exact) mass is 281 g/mol. The summed E-state index contributed by atoms with van der Waals surface area (Å²) in [6, 6.07) is 14.0. The van der Waals surface area contributed by atoms with Crippen LogP contribution in [-0.2, 0) is 0 Å². The van der Waals surface area contributed by atoms with Crippen LogP contribution in [-0.4, -0.2) is 21.4 Å². The Kier molecular flexibility index (Phi) is 3.12. The van der Waals surface area contributed by atoms with Crippen molar-refractivity contribution in [1.82, 2.24) is 10.2 Å². The summed E-state index contributed by atoms with van der Waals surface area (Å²) in [7, 11) is 0. The molecule has 0 saturated carbocycles. The van der Waals surface area contributed by atoms with Crippen molar-refractivity contribution < 1.29 is 9.90 Å². The predicted molar refractivity (Wildman–Crippen MR) is 79.4 cm³/mol. The largest absolute Gasteiger partial charge is 0.465 e. The minimum absolute atomic E-state index is 0.255. The van der Waals surface area contributed by atoms with Crippen LogP contribution in [0.25, 0.3) is 22.0 Å². The maximum absolute atomic E-state index is 11.8. The zero-order valence-corrected chi connectivity index (χ0v) is 10.8. The normalized spacial score (nSPS) is 10.5. The molecule has 0 spiro atoms. The van der Waals surface area contributed by atoms with E-state index in [1.807, 2.05) is 12.1 Å². The van der Waals surface area contributed by atoms with Gasteiger partial charge in [-0.15, -0.1) is 0 Å². The maximum Gasteiger partial charge on any atom is 0.409 e. The molecule has 0 aliphatic heterocycles. The van der Waals surface area contributed by atoms with Crippen molar-refractivity contribution in [3.05, 3.63) is 58.9 Å². The summed E-state index contributed by atoms with van der Waals surface area (Å²) in [5, 5.41) is 18.9. The lowest BCUT2D eigenvalue weighted by molar-refractivity contribution is 0.210. The fourth-order valence-corrected chi connectivity index (χ4v) is 2.20. The van der Waals surface area contributed by atoms with E-state index in [0.717, 1.165) is 0 Å². The van der Waals surface area contributed by atoms with Crippen LogP contribution < -0.4 is 10.9 Å². The van der Waals surface area contributed by atoms with Gasteiger partial charge in [-0.05, 0) is 18.2 Å². The van der Waals surface area contributed by atoms with E-state index in [-0.39, 0.29) is 5.56 Å². The van der Waals surface area contributed by atoms with E-state index < -0.39 is 6.09 Å². The molecule has 0 fully saturated rings. The van der Waals surface area contributed by atoms with Crippen LogP contribution in [0.5, 0.6) is 0 Å². The molecule has 0 atom stereocenters. The molecule has 0 aliphatic carbocycles. The SMILES string of the molecule is O=C(O)Nc1cccc(-c2n[nH]c(=O)c3ccccc23)c1. The molecule has 1 aromatic heterocycles. The Hall–Kier alpha value is -3.15. The molecule has 2 aromatic carbocycles. The molecule has 3 rings (SSSR count). The molecule has 0 bridgehead atoms. The van der Waals surface area contributed by atoms with Gasteiger partial charge >= 0.3 is 6.09 Å². The van der Waals surface area contributed by atoms with Gasteiger partial charge < -0.3 is 5.11 Å². The standard InChI is InChI=1S/C15H11N3O3/c19-14-12-7-2-1-6-11(12)13(17-18-14)9-4-3-5-10(8-9)16-15(20)21/h1-8,16H,(H,18,19)(H,20,21). The minimum atomic E-state index is -1.13. The van der Waals surface area contributed by atoms with Gasteiger partial charge in [-0.3, -0.25) is 10.1 Å². The van der Waals surface area contributed by atoms with Gasteiger partial charge in [0.25, 0.3) is 5.56 Å². The summed E-state index contributed by atoms with van der Waals surface area (Å²) in [4.78, 5) is 22.5. The second-order valence-electron chi connectivity index (χ2n) is 4.46. The summed E-state index contributed by atoms with van der Waals surface area (Å²) >= 11 is 0. The summed E-state index contributed by atoms with van der Waals surface area (Å²) < 4.78 is 0. The fraction of sp³-hybridized carbons (Fsp3) is 0. The molecule has 0 aliphatic rings. The van der Waals surface area contributed by atoms with Crippen molar-refractivity contribution in [2.45, 2.75) is 0 Å². The third kappa shape index (κ3) is 2.46. The molecule has 3 aromatic rings. The number of amides is 1. The average molecular weight is 281 g/mol. The first-order valence-corrected chi connectivity index (χ1v) is 6.23. The Balaban J connectivity index is 2.19. The molecule has 6 nitrogen and oxygen atoms in total. The molecule has 1 heterocycles. The first kappa shape index (κ1) is 12.9. The number of fused-ring (bicyclic) bond motifs is 1. The van der Waals surface area contributed by atoms with E-state index in [9.17, 15) is 9.59 Å². The fourth-order valence-electron chi connectivity index (χ4n) is 2.20. The van der Waals surface area contributed by atoms with Crippen molar-refractivity contribution in [2.24, 2.45) is 0 Å². The smallest absolute Gasteiger partial charge is 0.409 e. The van der Waals surface area contributed by atoms with Crippen LogP contribution in [0.4, 0.5) is 10.5 Å². The number of hydrogen-bond donors (Lipinski definition) is 3. The van der Waals surface area contributed by atoms with Crippen LogP contribution in [0.2, 0.25) is 0 Å². The van der Waals surface area contributed by atoms with E-state index in [2.05, 4.69) is 15.5 Å². The van der Waals surface area contributed by atoms with Gasteiger partial charge in [0.2, 0.25) is 0 Å². The van der Waals surface area contributed by atoms with Crippen LogP contribution in [0.3, 0.4) is 0 Å². The molecule has 0 unspecified atom stereocenters. The number of nitrogens with zero attached hydrogens (tertiary/aromatic N) is 1. The summed E-state index contributed by atoms with van der Waals surface area (Å²) in [5.74, 6) is 0. The van der Waals surface area contributed by atoms with Gasteiger partial charge in [0.1, 0.15) is 0 Å². The topological polar surface area (TPSA) is 95.1 Å². The number of nitrogens with one attached hydrogen (secondary N) is 2. The average Bonchev–Trinajstić information content (AvgIpc) is 2.47.